The summed E-state index contributed by atoms with van der Waals surface area (Å²) in [5.74, 6) is 0.310. The molecule has 1 aromatic heterocycles. The van der Waals surface area contributed by atoms with Crippen LogP contribution in [0.3, 0.4) is 0 Å². The van der Waals surface area contributed by atoms with Crippen LogP contribution in [-0.4, -0.2) is 26.4 Å². The van der Waals surface area contributed by atoms with Crippen molar-refractivity contribution in [1.29, 1.82) is 0 Å². The molecule has 0 saturated heterocycles. The molecule has 4 heteroatoms. The van der Waals surface area contributed by atoms with Gasteiger partial charge in [0.2, 0.25) is 7.28 Å². The molecule has 5 rings (SSSR count). The van der Waals surface area contributed by atoms with E-state index in [2.05, 4.69) is 139 Å². The lowest BCUT2D eigenvalue weighted by molar-refractivity contribution is 0.890. The molecule has 5 aromatic rings. The quantitative estimate of drug-likeness (QED) is 0.153. The first kappa shape index (κ1) is 25.7. The average molecular weight is 511 g/mol. The summed E-state index contributed by atoms with van der Waals surface area (Å²) in [7, 11) is 0.633. The minimum atomic E-state index is -0.284. The Kier molecular flexibility index (Phi) is 8.86. The molecular weight excluding hydrogens is 475 g/mol. The topological polar surface area (TPSA) is 17.8 Å². The van der Waals surface area contributed by atoms with Gasteiger partial charge in [0, 0.05) is 28.1 Å². The van der Waals surface area contributed by atoms with E-state index >= 15 is 0 Å². The SMILES string of the molecule is CC(CC[SiH2]Cn1ccnc1BC(c1ccccc1)c1ccccc1)=C(c1ccccc1)c1ccccc1. The van der Waals surface area contributed by atoms with Crippen molar-refractivity contribution in [2.45, 2.75) is 31.4 Å². The predicted molar refractivity (Wildman–Crippen MR) is 166 cm³/mol. The predicted octanol–water partition coefficient (Wildman–Crippen LogP) is 6.19. The molecule has 2 nitrogen and oxygen atoms in total. The van der Waals surface area contributed by atoms with Crippen molar-refractivity contribution in [1.82, 2.24) is 9.55 Å². The lowest BCUT2D eigenvalue weighted by Gasteiger charge is -2.18. The summed E-state index contributed by atoms with van der Waals surface area (Å²) >= 11 is 0. The van der Waals surface area contributed by atoms with E-state index in [1.54, 1.807) is 0 Å². The van der Waals surface area contributed by atoms with Crippen LogP contribution >= 0.6 is 0 Å². The third-order valence-electron chi connectivity index (χ3n) is 7.34. The summed E-state index contributed by atoms with van der Waals surface area (Å²) in [5, 5.41) is 0. The Morgan fingerprint density at radius 2 is 1.24 bits per heavy atom. The largest absolute Gasteiger partial charge is 0.347 e. The molecule has 4 aromatic carbocycles. The molecule has 0 atom stereocenters. The Hall–Kier alpha value is -3.89. The fourth-order valence-corrected chi connectivity index (χ4v) is 7.13. The summed E-state index contributed by atoms with van der Waals surface area (Å²) in [5.41, 5.74) is 9.37. The molecule has 0 amide bonds. The maximum absolute atomic E-state index is 4.80. The van der Waals surface area contributed by atoms with Gasteiger partial charge >= 0.3 is 0 Å². The van der Waals surface area contributed by atoms with Crippen LogP contribution in [0, 0.1) is 0 Å². The van der Waals surface area contributed by atoms with E-state index in [0.29, 0.717) is 5.82 Å². The van der Waals surface area contributed by atoms with Crippen molar-refractivity contribution < 1.29 is 0 Å². The van der Waals surface area contributed by atoms with Gasteiger partial charge in [-0.05, 0) is 47.0 Å². The molecule has 38 heavy (non-hydrogen) atoms. The van der Waals surface area contributed by atoms with Gasteiger partial charge in [-0.25, -0.2) is 0 Å². The Morgan fingerprint density at radius 3 is 1.76 bits per heavy atom. The van der Waals surface area contributed by atoms with Gasteiger partial charge in [0.05, 0.1) is 5.72 Å². The molecule has 0 spiro atoms. The van der Waals surface area contributed by atoms with Crippen LogP contribution in [-0.2, 0) is 6.17 Å². The van der Waals surface area contributed by atoms with E-state index in [1.165, 1.54) is 45.2 Å². The smallest absolute Gasteiger partial charge is 0.217 e. The normalized spacial score (nSPS) is 11.2. The summed E-state index contributed by atoms with van der Waals surface area (Å²) < 4.78 is 2.42. The van der Waals surface area contributed by atoms with Crippen molar-refractivity contribution in [2.24, 2.45) is 0 Å². The summed E-state index contributed by atoms with van der Waals surface area (Å²) in [6.45, 7) is 2.32. The molecule has 188 valence electrons. The van der Waals surface area contributed by atoms with Gasteiger partial charge in [-0.2, -0.15) is 0 Å². The third-order valence-corrected chi connectivity index (χ3v) is 9.00. The van der Waals surface area contributed by atoms with Crippen LogP contribution in [0.2, 0.25) is 6.04 Å². The fraction of sp³-hybridized carbons (Fsp3) is 0.147. The van der Waals surface area contributed by atoms with Gasteiger partial charge in [-0.3, -0.25) is 4.98 Å². The van der Waals surface area contributed by atoms with Crippen molar-refractivity contribution >= 4 is 28.1 Å². The average Bonchev–Trinajstić information content (AvgIpc) is 3.43. The van der Waals surface area contributed by atoms with Crippen LogP contribution in [0.15, 0.2) is 139 Å². The minimum Gasteiger partial charge on any atom is -0.347 e. The van der Waals surface area contributed by atoms with Crippen LogP contribution in [0.4, 0.5) is 0 Å². The first-order valence-corrected chi connectivity index (χ1v) is 15.7. The number of nitrogens with zero attached hydrogens (tertiary/aromatic N) is 2. The molecule has 0 N–H and O–H groups in total. The number of aromatic nitrogens is 2. The zero-order valence-electron chi connectivity index (χ0n) is 22.2. The number of imidazole rings is 1. The van der Waals surface area contributed by atoms with Gasteiger partial charge in [-0.1, -0.05) is 133 Å². The highest BCUT2D eigenvalue weighted by molar-refractivity contribution is 6.54. The number of hydrogen-bond acceptors (Lipinski definition) is 1. The monoisotopic (exact) mass is 510 g/mol. The second-order valence-corrected chi connectivity index (χ2v) is 11.8. The van der Waals surface area contributed by atoms with E-state index in [-0.39, 0.29) is 9.52 Å². The van der Waals surface area contributed by atoms with E-state index in [0.717, 1.165) is 19.9 Å². The van der Waals surface area contributed by atoms with E-state index < -0.39 is 0 Å². The second-order valence-electron chi connectivity index (χ2n) is 9.96. The van der Waals surface area contributed by atoms with Crippen LogP contribution in [0.5, 0.6) is 0 Å². The molecule has 0 radical (unpaired) electrons. The second kappa shape index (κ2) is 13.1. The molecule has 0 aliphatic carbocycles. The highest BCUT2D eigenvalue weighted by atomic mass is 28.2. The fourth-order valence-electron chi connectivity index (χ4n) is 5.38. The summed E-state index contributed by atoms with van der Waals surface area (Å²) in [6, 6.07) is 44.7. The van der Waals surface area contributed by atoms with Crippen molar-refractivity contribution in [3.8, 4) is 0 Å². The molecule has 0 saturated carbocycles. The number of benzene rings is 4. The zero-order chi connectivity index (χ0) is 26.0. The molecule has 0 aliphatic rings. The van der Waals surface area contributed by atoms with Crippen LogP contribution in [0.1, 0.15) is 41.4 Å². The van der Waals surface area contributed by atoms with Gasteiger partial charge in [-0.15, -0.1) is 0 Å². The molecule has 1 heterocycles. The van der Waals surface area contributed by atoms with Gasteiger partial charge in [0.15, 0.2) is 0 Å². The first-order valence-electron chi connectivity index (χ1n) is 13.7. The highest BCUT2D eigenvalue weighted by Gasteiger charge is 2.19. The van der Waals surface area contributed by atoms with E-state index in [1.807, 2.05) is 6.20 Å². The maximum atomic E-state index is 4.80. The van der Waals surface area contributed by atoms with Crippen LogP contribution < -0.4 is 5.72 Å². The molecular formula is C34H35BN2Si. The molecule has 0 unspecified atom stereocenters. The third kappa shape index (κ3) is 6.51. The van der Waals surface area contributed by atoms with Gasteiger partial charge in [0.25, 0.3) is 0 Å². The number of allylic oxidation sites excluding steroid dienone is 1. The zero-order valence-corrected chi connectivity index (χ0v) is 23.6. The Balaban J connectivity index is 1.27. The molecule has 0 fully saturated rings. The summed E-state index contributed by atoms with van der Waals surface area (Å²) in [4.78, 5) is 4.80. The highest BCUT2D eigenvalue weighted by Crippen LogP contribution is 2.29. The lowest BCUT2D eigenvalue weighted by Crippen LogP contribution is -2.32. The number of rotatable bonds is 11. The Bertz CT molecular complexity index is 1350. The lowest BCUT2D eigenvalue weighted by atomic mass is 9.58. The first-order chi connectivity index (χ1) is 18.8. The standard InChI is InChI=1S/C34H35BN2Si/c1-27(32(28-14-6-2-7-15-28)29-16-8-3-9-17-29)22-25-38-26-37-24-23-36-34(37)35-33(30-18-10-4-11-19-30)31-20-12-5-13-21-31/h2-21,23-24,33,35H,22,25-26,38H2,1H3. The molecule has 0 bridgehead atoms. The minimum absolute atomic E-state index is 0.284. The summed E-state index contributed by atoms with van der Waals surface area (Å²) in [6.07, 6.45) is 6.43. The molecule has 0 aliphatic heterocycles. The van der Waals surface area contributed by atoms with Gasteiger partial charge in [0.1, 0.15) is 0 Å². The van der Waals surface area contributed by atoms with Crippen molar-refractivity contribution in [3.63, 3.8) is 0 Å². The maximum Gasteiger partial charge on any atom is 0.217 e. The van der Waals surface area contributed by atoms with Gasteiger partial charge < -0.3 is 4.57 Å². The Morgan fingerprint density at radius 1 is 0.737 bits per heavy atom. The van der Waals surface area contributed by atoms with Crippen molar-refractivity contribution in [2.75, 3.05) is 0 Å². The Labute approximate surface area is 230 Å². The van der Waals surface area contributed by atoms with Crippen LogP contribution in [0.25, 0.3) is 5.57 Å². The van der Waals surface area contributed by atoms with E-state index in [4.69, 9.17) is 4.98 Å². The number of hydrogen-bond donors (Lipinski definition) is 0. The van der Waals surface area contributed by atoms with E-state index in [9.17, 15) is 0 Å². The van der Waals surface area contributed by atoms with Crippen molar-refractivity contribution in [3.05, 3.63) is 162 Å².